The standard InChI is InChI=1S/C31H30N6O8/c38-14-12-20-16-22(30(40)26(18-20)34-32-24-8-1-3-10-28(24)36(42)43)6-5-7-23-17-21(13-15-39)19-27(31(23)41)35-33-25-9-2-4-11-29(25)37(44)45/h1-4,8-11,16-19,38-41H,5-7,12-15H2. The van der Waals surface area contributed by atoms with Crippen LogP contribution in [0.15, 0.2) is 93.3 Å². The molecule has 4 rings (SSSR count). The van der Waals surface area contributed by atoms with Crippen LogP contribution in [0.3, 0.4) is 0 Å². The molecule has 0 aromatic heterocycles. The lowest BCUT2D eigenvalue weighted by molar-refractivity contribution is -0.384. The van der Waals surface area contributed by atoms with Gasteiger partial charge in [0.05, 0.1) is 9.85 Å². The number of phenolic OH excluding ortho intramolecular Hbond substituents is 2. The van der Waals surface area contributed by atoms with Crippen molar-refractivity contribution in [3.63, 3.8) is 0 Å². The van der Waals surface area contributed by atoms with Crippen LogP contribution in [-0.2, 0) is 25.7 Å². The predicted octanol–water partition coefficient (Wildman–Crippen LogP) is 6.99. The number of azo groups is 2. The Labute approximate surface area is 257 Å². The third kappa shape index (κ3) is 8.28. The first-order chi connectivity index (χ1) is 21.7. The highest BCUT2D eigenvalue weighted by Crippen LogP contribution is 2.38. The maximum Gasteiger partial charge on any atom is 0.296 e. The van der Waals surface area contributed by atoms with Gasteiger partial charge in [-0.25, -0.2) is 0 Å². The van der Waals surface area contributed by atoms with Crippen molar-refractivity contribution in [3.05, 3.63) is 115 Å². The second-order valence-electron chi connectivity index (χ2n) is 9.94. The van der Waals surface area contributed by atoms with Crippen molar-refractivity contribution in [1.82, 2.24) is 0 Å². The largest absolute Gasteiger partial charge is 0.505 e. The Morgan fingerprint density at radius 2 is 0.933 bits per heavy atom. The average Bonchev–Trinajstić information content (AvgIpc) is 3.02. The fourth-order valence-corrected chi connectivity index (χ4v) is 4.66. The van der Waals surface area contributed by atoms with Gasteiger partial charge in [-0.15, -0.1) is 20.5 Å². The maximum atomic E-state index is 11.3. The second kappa shape index (κ2) is 15.2. The van der Waals surface area contributed by atoms with Gasteiger partial charge < -0.3 is 20.4 Å². The van der Waals surface area contributed by atoms with E-state index in [0.717, 1.165) is 0 Å². The molecule has 0 saturated carbocycles. The quantitative estimate of drug-likeness (QED) is 0.0657. The number of benzene rings is 4. The molecule has 0 atom stereocenters. The van der Waals surface area contributed by atoms with Gasteiger partial charge in [0.1, 0.15) is 22.9 Å². The fraction of sp³-hybridized carbons (Fsp3) is 0.226. The summed E-state index contributed by atoms with van der Waals surface area (Å²) in [6.45, 7) is -0.306. The lowest BCUT2D eigenvalue weighted by Crippen LogP contribution is -1.97. The van der Waals surface area contributed by atoms with Gasteiger partial charge >= 0.3 is 0 Å². The summed E-state index contributed by atoms with van der Waals surface area (Å²) in [5.74, 6) is -0.340. The molecule has 0 radical (unpaired) electrons. The Balaban J connectivity index is 1.59. The second-order valence-corrected chi connectivity index (χ2v) is 9.94. The molecule has 0 aliphatic rings. The molecular formula is C31H30N6O8. The van der Waals surface area contributed by atoms with Crippen LogP contribution in [0.4, 0.5) is 34.1 Å². The van der Waals surface area contributed by atoms with E-state index in [1.807, 2.05) is 0 Å². The van der Waals surface area contributed by atoms with Gasteiger partial charge in [-0.05, 0) is 78.6 Å². The number of phenols is 2. The monoisotopic (exact) mass is 614 g/mol. The van der Waals surface area contributed by atoms with Gasteiger partial charge in [0.25, 0.3) is 11.4 Å². The minimum Gasteiger partial charge on any atom is -0.505 e. The van der Waals surface area contributed by atoms with Gasteiger partial charge in [-0.2, -0.15) is 0 Å². The molecule has 0 amide bonds. The number of hydrogen-bond donors (Lipinski definition) is 4. The Bertz CT molecular complexity index is 1630. The van der Waals surface area contributed by atoms with E-state index >= 15 is 0 Å². The number of hydrogen-bond acceptors (Lipinski definition) is 12. The number of aryl methyl sites for hydroxylation is 2. The Hall–Kier alpha value is -5.60. The van der Waals surface area contributed by atoms with E-state index in [2.05, 4.69) is 20.5 Å². The van der Waals surface area contributed by atoms with Gasteiger partial charge in [0, 0.05) is 25.3 Å². The van der Waals surface area contributed by atoms with Gasteiger partial charge in [0.15, 0.2) is 11.4 Å². The minimum atomic E-state index is -0.578. The van der Waals surface area contributed by atoms with E-state index in [1.165, 1.54) is 36.4 Å². The highest BCUT2D eigenvalue weighted by molar-refractivity contribution is 5.61. The summed E-state index contributed by atoms with van der Waals surface area (Å²) in [6.07, 6.45) is 1.65. The van der Waals surface area contributed by atoms with Crippen molar-refractivity contribution >= 4 is 34.1 Å². The average molecular weight is 615 g/mol. The normalized spacial score (nSPS) is 11.4. The van der Waals surface area contributed by atoms with Crippen LogP contribution in [0.25, 0.3) is 0 Å². The molecule has 0 spiro atoms. The molecule has 45 heavy (non-hydrogen) atoms. The Kier molecular flexibility index (Phi) is 10.9. The third-order valence-electron chi connectivity index (χ3n) is 6.84. The molecule has 4 aromatic rings. The van der Waals surface area contributed by atoms with E-state index in [-0.39, 0.29) is 71.7 Å². The molecule has 0 aliphatic heterocycles. The first-order valence-corrected chi connectivity index (χ1v) is 13.9. The number of para-hydroxylation sites is 2. The summed E-state index contributed by atoms with van der Waals surface area (Å²) in [4.78, 5) is 21.5. The van der Waals surface area contributed by atoms with Crippen molar-refractivity contribution in [1.29, 1.82) is 0 Å². The Morgan fingerprint density at radius 3 is 1.31 bits per heavy atom. The predicted molar refractivity (Wildman–Crippen MR) is 164 cm³/mol. The number of nitrogens with zero attached hydrogens (tertiary/aromatic N) is 6. The fourth-order valence-electron chi connectivity index (χ4n) is 4.66. The zero-order valence-corrected chi connectivity index (χ0v) is 24.0. The molecular weight excluding hydrogens is 584 g/mol. The van der Waals surface area contributed by atoms with Crippen LogP contribution in [0.1, 0.15) is 28.7 Å². The van der Waals surface area contributed by atoms with Crippen LogP contribution in [-0.4, -0.2) is 43.5 Å². The van der Waals surface area contributed by atoms with Gasteiger partial charge in [-0.3, -0.25) is 20.2 Å². The molecule has 14 heteroatoms. The molecule has 0 fully saturated rings. The third-order valence-corrected chi connectivity index (χ3v) is 6.84. The molecule has 4 N–H and O–H groups in total. The lowest BCUT2D eigenvalue weighted by atomic mass is 9.97. The number of rotatable bonds is 14. The van der Waals surface area contributed by atoms with E-state index in [1.54, 1.807) is 36.4 Å². The number of aliphatic hydroxyl groups excluding tert-OH is 2. The number of nitro groups is 2. The van der Waals surface area contributed by atoms with Crippen LogP contribution in [0.5, 0.6) is 11.5 Å². The van der Waals surface area contributed by atoms with E-state index < -0.39 is 9.85 Å². The molecule has 0 unspecified atom stereocenters. The summed E-state index contributed by atoms with van der Waals surface area (Å²) >= 11 is 0. The van der Waals surface area contributed by atoms with Crippen LogP contribution in [0, 0.1) is 20.2 Å². The molecule has 14 nitrogen and oxygen atoms in total. The van der Waals surface area contributed by atoms with Crippen molar-refractivity contribution in [2.24, 2.45) is 20.5 Å². The van der Waals surface area contributed by atoms with Crippen LogP contribution in [0.2, 0.25) is 0 Å². The van der Waals surface area contributed by atoms with Gasteiger partial charge in [0.2, 0.25) is 0 Å². The number of aliphatic hydroxyl groups is 2. The SMILES string of the molecule is O=[N+]([O-])c1ccccc1N=Nc1cc(CCO)cc(CCCc2cc(CCO)cc(N=Nc3ccccc3[N+](=O)[O-])c2O)c1O. The lowest BCUT2D eigenvalue weighted by Gasteiger charge is -2.12. The highest BCUT2D eigenvalue weighted by Gasteiger charge is 2.16. The van der Waals surface area contributed by atoms with E-state index in [4.69, 9.17) is 0 Å². The molecule has 0 heterocycles. The summed E-state index contributed by atoms with van der Waals surface area (Å²) in [5, 5.41) is 79.7. The van der Waals surface area contributed by atoms with Crippen molar-refractivity contribution in [3.8, 4) is 11.5 Å². The van der Waals surface area contributed by atoms with Gasteiger partial charge in [-0.1, -0.05) is 36.4 Å². The summed E-state index contributed by atoms with van der Waals surface area (Å²) in [6, 6.07) is 18.2. The highest BCUT2D eigenvalue weighted by atomic mass is 16.6. The summed E-state index contributed by atoms with van der Waals surface area (Å²) < 4.78 is 0. The first kappa shape index (κ1) is 32.3. The first-order valence-electron chi connectivity index (χ1n) is 13.9. The summed E-state index contributed by atoms with van der Waals surface area (Å²) in [7, 11) is 0. The van der Waals surface area contributed by atoms with Crippen molar-refractivity contribution in [2.45, 2.75) is 32.1 Å². The molecule has 4 aromatic carbocycles. The molecule has 0 aliphatic carbocycles. The molecule has 0 bridgehead atoms. The maximum absolute atomic E-state index is 11.3. The smallest absolute Gasteiger partial charge is 0.296 e. The van der Waals surface area contributed by atoms with Crippen molar-refractivity contribution < 1.29 is 30.3 Å². The zero-order valence-electron chi connectivity index (χ0n) is 24.0. The zero-order chi connectivity index (χ0) is 32.3. The summed E-state index contributed by atoms with van der Waals surface area (Å²) in [5.41, 5.74) is 2.07. The minimum absolute atomic E-state index is 0.0177. The van der Waals surface area contributed by atoms with E-state index in [0.29, 0.717) is 41.5 Å². The Morgan fingerprint density at radius 1 is 0.556 bits per heavy atom. The van der Waals surface area contributed by atoms with Crippen LogP contribution >= 0.6 is 0 Å². The van der Waals surface area contributed by atoms with E-state index in [9.17, 15) is 40.7 Å². The topological polar surface area (TPSA) is 217 Å². The molecule has 232 valence electrons. The number of nitro benzene ring substituents is 2. The number of aromatic hydroxyl groups is 2. The molecule has 0 saturated heterocycles. The van der Waals surface area contributed by atoms with Crippen molar-refractivity contribution in [2.75, 3.05) is 13.2 Å². The van der Waals surface area contributed by atoms with Crippen LogP contribution < -0.4 is 0 Å².